The number of benzene rings is 2. The standard InChI is InChI=1S/C29H28N2O5/c1-15-14-21-18(6-8-20(31-21)16(2)32)25(23(15)27(28(33)34)36-29(3,4)5)19-7-9-22-24-17(11-13-35-22)10-12-30-26(19)24/h6-10,12,14,27H,11,13H2,1-5H3,(H,33,34). The second-order valence-corrected chi connectivity index (χ2v) is 10.2. The molecule has 0 spiro atoms. The number of hydrogen-bond donors (Lipinski definition) is 1. The first-order valence-electron chi connectivity index (χ1n) is 11.9. The first-order chi connectivity index (χ1) is 17.0. The Balaban J connectivity index is 1.92. The van der Waals surface area contributed by atoms with Gasteiger partial charge in [0.1, 0.15) is 11.4 Å². The summed E-state index contributed by atoms with van der Waals surface area (Å²) in [5, 5.41) is 12.0. The van der Waals surface area contributed by atoms with Crippen LogP contribution in [0.3, 0.4) is 0 Å². The zero-order valence-electron chi connectivity index (χ0n) is 21.0. The molecule has 36 heavy (non-hydrogen) atoms. The lowest BCUT2D eigenvalue weighted by Crippen LogP contribution is -2.28. The van der Waals surface area contributed by atoms with Crippen LogP contribution in [-0.2, 0) is 16.0 Å². The van der Waals surface area contributed by atoms with Crippen molar-refractivity contribution in [2.24, 2.45) is 0 Å². The number of aliphatic carboxylic acids is 1. The number of carbonyl (C=O) groups is 2. The van der Waals surface area contributed by atoms with Crippen LogP contribution in [0.5, 0.6) is 5.75 Å². The van der Waals surface area contributed by atoms with Gasteiger partial charge in [0.05, 0.1) is 23.2 Å². The number of ether oxygens (including phenoxy) is 2. The Morgan fingerprint density at radius 3 is 2.61 bits per heavy atom. The summed E-state index contributed by atoms with van der Waals surface area (Å²) in [4.78, 5) is 34.0. The van der Waals surface area contributed by atoms with Gasteiger partial charge in [-0.25, -0.2) is 9.78 Å². The summed E-state index contributed by atoms with van der Waals surface area (Å²) in [5.41, 5.74) is 4.83. The van der Waals surface area contributed by atoms with Crippen LogP contribution in [0.2, 0.25) is 0 Å². The molecule has 2 aromatic heterocycles. The second-order valence-electron chi connectivity index (χ2n) is 10.2. The molecule has 1 unspecified atom stereocenters. The fraction of sp³-hybridized carbons (Fsp3) is 0.310. The molecule has 0 amide bonds. The Hall–Kier alpha value is -3.84. The molecule has 0 fully saturated rings. The Morgan fingerprint density at radius 1 is 1.14 bits per heavy atom. The largest absolute Gasteiger partial charge is 0.493 e. The summed E-state index contributed by atoms with van der Waals surface area (Å²) in [6.45, 7) is 9.43. The molecule has 5 rings (SSSR count). The van der Waals surface area contributed by atoms with E-state index in [1.165, 1.54) is 6.92 Å². The smallest absolute Gasteiger partial charge is 0.337 e. The molecule has 0 saturated carbocycles. The number of aromatic nitrogens is 2. The monoisotopic (exact) mass is 484 g/mol. The molecule has 0 bridgehead atoms. The molecule has 1 aliphatic rings. The average Bonchev–Trinajstić information content (AvgIpc) is 2.81. The van der Waals surface area contributed by atoms with Crippen molar-refractivity contribution >= 4 is 33.6 Å². The molecule has 1 atom stereocenters. The SMILES string of the molecule is CC(=O)c1ccc2c(-c3ccc4c5c(ccnc35)CCO4)c(C(OC(C)(C)C)C(=O)O)c(C)cc2n1. The molecule has 184 valence electrons. The van der Waals surface area contributed by atoms with Gasteiger partial charge in [0, 0.05) is 41.4 Å². The van der Waals surface area contributed by atoms with E-state index in [4.69, 9.17) is 14.5 Å². The number of carboxylic acid groups (broad SMARTS) is 1. The molecule has 2 aromatic carbocycles. The highest BCUT2D eigenvalue weighted by molar-refractivity contribution is 6.08. The van der Waals surface area contributed by atoms with Gasteiger partial charge < -0.3 is 14.6 Å². The van der Waals surface area contributed by atoms with E-state index in [0.29, 0.717) is 34.5 Å². The number of nitrogens with zero attached hydrogens (tertiary/aromatic N) is 2. The van der Waals surface area contributed by atoms with Crippen molar-refractivity contribution in [3.05, 3.63) is 65.0 Å². The van der Waals surface area contributed by atoms with Crippen LogP contribution < -0.4 is 4.74 Å². The Kier molecular flexibility index (Phi) is 5.75. The first kappa shape index (κ1) is 23.9. The summed E-state index contributed by atoms with van der Waals surface area (Å²) in [5.74, 6) is -0.458. The van der Waals surface area contributed by atoms with Gasteiger partial charge in [-0.15, -0.1) is 0 Å². The molecule has 1 aliphatic heterocycles. The summed E-state index contributed by atoms with van der Waals surface area (Å²) < 4.78 is 12.0. The molecular formula is C29H28N2O5. The number of carboxylic acids is 1. The Morgan fingerprint density at radius 2 is 1.92 bits per heavy atom. The summed E-state index contributed by atoms with van der Waals surface area (Å²) >= 11 is 0. The van der Waals surface area contributed by atoms with Gasteiger partial charge in [0.2, 0.25) is 0 Å². The maximum absolute atomic E-state index is 12.6. The van der Waals surface area contributed by atoms with Gasteiger partial charge in [-0.05, 0) is 80.8 Å². The maximum Gasteiger partial charge on any atom is 0.337 e. The lowest BCUT2D eigenvalue weighted by atomic mass is 9.86. The van der Waals surface area contributed by atoms with Crippen LogP contribution in [-0.4, -0.2) is 39.0 Å². The van der Waals surface area contributed by atoms with E-state index in [9.17, 15) is 14.7 Å². The van der Waals surface area contributed by atoms with Crippen LogP contribution in [0.15, 0.2) is 42.6 Å². The highest BCUT2D eigenvalue weighted by atomic mass is 16.5. The number of rotatable bonds is 5. The third-order valence-electron chi connectivity index (χ3n) is 6.40. The molecule has 7 nitrogen and oxygen atoms in total. The van der Waals surface area contributed by atoms with Crippen molar-refractivity contribution in [3.63, 3.8) is 0 Å². The number of carbonyl (C=O) groups excluding carboxylic acids is 1. The third-order valence-corrected chi connectivity index (χ3v) is 6.40. The normalized spacial score (nSPS) is 14.0. The van der Waals surface area contributed by atoms with Crippen molar-refractivity contribution in [2.75, 3.05) is 6.61 Å². The third kappa shape index (κ3) is 4.09. The van der Waals surface area contributed by atoms with E-state index in [2.05, 4.69) is 4.98 Å². The van der Waals surface area contributed by atoms with Crippen LogP contribution in [0.1, 0.15) is 61.0 Å². The van der Waals surface area contributed by atoms with E-state index in [1.54, 1.807) is 12.3 Å². The van der Waals surface area contributed by atoms with Crippen molar-refractivity contribution in [3.8, 4) is 16.9 Å². The molecule has 7 heteroatoms. The quantitative estimate of drug-likeness (QED) is 0.356. The van der Waals surface area contributed by atoms with E-state index in [0.717, 1.165) is 39.6 Å². The number of ketones is 1. The molecule has 3 heterocycles. The maximum atomic E-state index is 12.6. The first-order valence-corrected chi connectivity index (χ1v) is 11.9. The number of fused-ring (bicyclic) bond motifs is 1. The fourth-order valence-corrected chi connectivity index (χ4v) is 4.94. The predicted molar refractivity (Wildman–Crippen MR) is 138 cm³/mol. The van der Waals surface area contributed by atoms with E-state index < -0.39 is 17.7 Å². The highest BCUT2D eigenvalue weighted by Gasteiger charge is 2.33. The van der Waals surface area contributed by atoms with Crippen molar-refractivity contribution in [1.29, 1.82) is 0 Å². The molecule has 0 aliphatic carbocycles. The van der Waals surface area contributed by atoms with E-state index >= 15 is 0 Å². The number of Topliss-reactive ketones (excluding diaryl/α,β-unsaturated/α-hetero) is 1. The topological polar surface area (TPSA) is 98.6 Å². The molecular weight excluding hydrogens is 456 g/mol. The van der Waals surface area contributed by atoms with E-state index in [1.807, 2.05) is 58.0 Å². The summed E-state index contributed by atoms with van der Waals surface area (Å²) in [7, 11) is 0. The van der Waals surface area contributed by atoms with Gasteiger partial charge in [-0.2, -0.15) is 0 Å². The van der Waals surface area contributed by atoms with Crippen LogP contribution in [0, 0.1) is 6.92 Å². The fourth-order valence-electron chi connectivity index (χ4n) is 4.94. The van der Waals surface area contributed by atoms with Gasteiger partial charge in [0.25, 0.3) is 0 Å². The minimum Gasteiger partial charge on any atom is -0.493 e. The van der Waals surface area contributed by atoms with E-state index in [-0.39, 0.29) is 5.78 Å². The van der Waals surface area contributed by atoms with Gasteiger partial charge >= 0.3 is 5.97 Å². The molecule has 0 radical (unpaired) electrons. The van der Waals surface area contributed by atoms with Gasteiger partial charge in [-0.3, -0.25) is 9.78 Å². The van der Waals surface area contributed by atoms with Crippen molar-refractivity contribution in [1.82, 2.24) is 9.97 Å². The van der Waals surface area contributed by atoms with Crippen LogP contribution in [0.25, 0.3) is 32.9 Å². The van der Waals surface area contributed by atoms with Crippen molar-refractivity contribution in [2.45, 2.75) is 52.7 Å². The minimum absolute atomic E-state index is 0.139. The molecule has 1 N–H and O–H groups in total. The Bertz CT molecular complexity index is 1540. The summed E-state index contributed by atoms with van der Waals surface area (Å²) in [6.07, 6.45) is 1.32. The molecule has 0 saturated heterocycles. The van der Waals surface area contributed by atoms with Crippen molar-refractivity contribution < 1.29 is 24.2 Å². The van der Waals surface area contributed by atoms with Crippen LogP contribution in [0.4, 0.5) is 0 Å². The zero-order valence-corrected chi connectivity index (χ0v) is 21.0. The number of aryl methyl sites for hydroxylation is 1. The second kappa shape index (κ2) is 8.68. The predicted octanol–water partition coefficient (Wildman–Crippen LogP) is 5.84. The minimum atomic E-state index is -1.22. The lowest BCUT2D eigenvalue weighted by Gasteiger charge is -2.29. The van der Waals surface area contributed by atoms with Gasteiger partial charge in [0.15, 0.2) is 11.9 Å². The Labute approximate surface area is 209 Å². The van der Waals surface area contributed by atoms with Gasteiger partial charge in [-0.1, -0.05) is 0 Å². The number of pyridine rings is 2. The lowest BCUT2D eigenvalue weighted by molar-refractivity contribution is -0.160. The highest BCUT2D eigenvalue weighted by Crippen LogP contribution is 2.44. The number of hydrogen-bond acceptors (Lipinski definition) is 6. The summed E-state index contributed by atoms with van der Waals surface area (Å²) in [6, 6.07) is 11.2. The van der Waals surface area contributed by atoms with Crippen LogP contribution >= 0.6 is 0 Å². The molecule has 4 aromatic rings. The zero-order chi connectivity index (χ0) is 25.8. The average molecular weight is 485 g/mol.